The maximum absolute atomic E-state index is 5.66. The van der Waals surface area contributed by atoms with Gasteiger partial charge in [-0.15, -0.1) is 0 Å². The molecule has 0 aliphatic heterocycles. The van der Waals surface area contributed by atoms with Crippen LogP contribution in [0.3, 0.4) is 0 Å². The van der Waals surface area contributed by atoms with Crippen molar-refractivity contribution in [1.29, 1.82) is 0 Å². The molecule has 0 fully saturated rings. The highest BCUT2D eigenvalue weighted by atomic mass is 14.6. The topological polar surface area (TPSA) is 38.9 Å². The summed E-state index contributed by atoms with van der Waals surface area (Å²) in [6.07, 6.45) is 3.95. The zero-order valence-electron chi connectivity index (χ0n) is 7.75. The molecule has 0 bridgehead atoms. The molecule has 0 aliphatic carbocycles. The summed E-state index contributed by atoms with van der Waals surface area (Å²) in [7, 11) is 0. The minimum Gasteiger partial charge on any atom is -0.328 e. The van der Waals surface area contributed by atoms with Crippen molar-refractivity contribution in [3.63, 3.8) is 0 Å². The summed E-state index contributed by atoms with van der Waals surface area (Å²) in [6.45, 7) is 4.05. The van der Waals surface area contributed by atoms with E-state index in [0.29, 0.717) is 6.04 Å². The van der Waals surface area contributed by atoms with Crippen molar-refractivity contribution in [2.24, 2.45) is 5.73 Å². The third kappa shape index (κ3) is 3.01. The highest BCUT2D eigenvalue weighted by Crippen LogP contribution is 2.04. The SMILES string of the molecule is Cc1cc(CC[C@@H](C)N)ccn1. The van der Waals surface area contributed by atoms with Gasteiger partial charge in [-0.1, -0.05) is 0 Å². The van der Waals surface area contributed by atoms with Crippen molar-refractivity contribution in [3.8, 4) is 0 Å². The number of aryl methyl sites for hydroxylation is 2. The Morgan fingerprint density at radius 2 is 2.33 bits per heavy atom. The Morgan fingerprint density at radius 3 is 2.92 bits per heavy atom. The maximum Gasteiger partial charge on any atom is 0.0375 e. The van der Waals surface area contributed by atoms with Crippen LogP contribution in [0.1, 0.15) is 24.6 Å². The average molecular weight is 164 g/mol. The van der Waals surface area contributed by atoms with Gasteiger partial charge < -0.3 is 5.73 Å². The Kier molecular flexibility index (Phi) is 3.23. The van der Waals surface area contributed by atoms with Crippen LogP contribution in [0.2, 0.25) is 0 Å². The number of aromatic nitrogens is 1. The highest BCUT2D eigenvalue weighted by Gasteiger charge is 1.96. The van der Waals surface area contributed by atoms with E-state index in [0.717, 1.165) is 18.5 Å². The fourth-order valence-electron chi connectivity index (χ4n) is 1.15. The van der Waals surface area contributed by atoms with E-state index in [1.165, 1.54) is 5.56 Å². The molecule has 0 aromatic carbocycles. The fraction of sp³-hybridized carbons (Fsp3) is 0.500. The molecule has 66 valence electrons. The predicted molar refractivity (Wildman–Crippen MR) is 50.9 cm³/mol. The van der Waals surface area contributed by atoms with E-state index < -0.39 is 0 Å². The first-order chi connectivity index (χ1) is 5.68. The second-order valence-electron chi connectivity index (χ2n) is 3.32. The number of nitrogens with zero attached hydrogens (tertiary/aromatic N) is 1. The van der Waals surface area contributed by atoms with Gasteiger partial charge >= 0.3 is 0 Å². The lowest BCUT2D eigenvalue weighted by molar-refractivity contribution is 0.665. The van der Waals surface area contributed by atoms with E-state index in [-0.39, 0.29) is 0 Å². The third-order valence-electron chi connectivity index (χ3n) is 1.85. The van der Waals surface area contributed by atoms with Crippen molar-refractivity contribution < 1.29 is 0 Å². The lowest BCUT2D eigenvalue weighted by atomic mass is 10.1. The fourth-order valence-corrected chi connectivity index (χ4v) is 1.15. The Balaban J connectivity index is 2.52. The first-order valence-electron chi connectivity index (χ1n) is 4.35. The van der Waals surface area contributed by atoms with E-state index in [1.54, 1.807) is 0 Å². The van der Waals surface area contributed by atoms with Crippen LogP contribution in [0, 0.1) is 6.92 Å². The van der Waals surface area contributed by atoms with E-state index >= 15 is 0 Å². The molecular formula is C10H16N2. The molecule has 2 N–H and O–H groups in total. The summed E-state index contributed by atoms with van der Waals surface area (Å²) in [5.74, 6) is 0. The summed E-state index contributed by atoms with van der Waals surface area (Å²) < 4.78 is 0. The van der Waals surface area contributed by atoms with Gasteiger partial charge in [0.2, 0.25) is 0 Å². The van der Waals surface area contributed by atoms with Crippen LogP contribution in [-0.2, 0) is 6.42 Å². The molecule has 1 atom stereocenters. The molecule has 0 aliphatic rings. The van der Waals surface area contributed by atoms with Gasteiger partial charge in [0, 0.05) is 17.9 Å². The molecule has 1 aromatic rings. The van der Waals surface area contributed by atoms with Crippen LogP contribution in [-0.4, -0.2) is 11.0 Å². The molecule has 1 heterocycles. The second kappa shape index (κ2) is 4.21. The molecule has 0 unspecified atom stereocenters. The minimum atomic E-state index is 0.290. The van der Waals surface area contributed by atoms with Crippen molar-refractivity contribution in [3.05, 3.63) is 29.6 Å². The lowest BCUT2D eigenvalue weighted by Crippen LogP contribution is -2.15. The molecule has 0 saturated carbocycles. The number of pyridine rings is 1. The molecule has 0 spiro atoms. The van der Waals surface area contributed by atoms with Crippen LogP contribution >= 0.6 is 0 Å². The Hall–Kier alpha value is -0.890. The number of hydrogen-bond acceptors (Lipinski definition) is 2. The van der Waals surface area contributed by atoms with E-state index in [1.807, 2.05) is 20.0 Å². The normalized spacial score (nSPS) is 12.9. The maximum atomic E-state index is 5.66. The minimum absolute atomic E-state index is 0.290. The molecular weight excluding hydrogens is 148 g/mol. The summed E-state index contributed by atoms with van der Waals surface area (Å²) in [5.41, 5.74) is 8.08. The van der Waals surface area contributed by atoms with Gasteiger partial charge in [0.25, 0.3) is 0 Å². The largest absolute Gasteiger partial charge is 0.328 e. The summed E-state index contributed by atoms with van der Waals surface area (Å²) >= 11 is 0. The Morgan fingerprint density at radius 1 is 1.58 bits per heavy atom. The molecule has 0 saturated heterocycles. The van der Waals surface area contributed by atoms with Gasteiger partial charge in [-0.3, -0.25) is 4.98 Å². The van der Waals surface area contributed by atoms with Gasteiger partial charge in [0.15, 0.2) is 0 Å². The van der Waals surface area contributed by atoms with Crippen LogP contribution in [0.15, 0.2) is 18.3 Å². The number of hydrogen-bond donors (Lipinski definition) is 1. The molecule has 0 radical (unpaired) electrons. The summed E-state index contributed by atoms with van der Waals surface area (Å²) in [5, 5.41) is 0. The van der Waals surface area contributed by atoms with Gasteiger partial charge in [-0.2, -0.15) is 0 Å². The van der Waals surface area contributed by atoms with E-state index in [2.05, 4.69) is 17.1 Å². The first kappa shape index (κ1) is 9.20. The van der Waals surface area contributed by atoms with Crippen LogP contribution < -0.4 is 5.73 Å². The first-order valence-corrected chi connectivity index (χ1v) is 4.35. The summed E-state index contributed by atoms with van der Waals surface area (Å²) in [6, 6.07) is 4.45. The van der Waals surface area contributed by atoms with E-state index in [9.17, 15) is 0 Å². The van der Waals surface area contributed by atoms with Crippen LogP contribution in [0.5, 0.6) is 0 Å². The quantitative estimate of drug-likeness (QED) is 0.738. The lowest BCUT2D eigenvalue weighted by Gasteiger charge is -2.04. The molecule has 0 amide bonds. The van der Waals surface area contributed by atoms with Gasteiger partial charge in [0.05, 0.1) is 0 Å². The molecule has 1 aromatic heterocycles. The highest BCUT2D eigenvalue weighted by molar-refractivity contribution is 5.15. The van der Waals surface area contributed by atoms with Crippen molar-refractivity contribution in [2.45, 2.75) is 32.7 Å². The molecule has 1 rings (SSSR count). The zero-order valence-corrected chi connectivity index (χ0v) is 7.75. The summed E-state index contributed by atoms with van der Waals surface area (Å²) in [4.78, 5) is 4.14. The molecule has 2 heteroatoms. The standard InChI is InChI=1S/C10H16N2/c1-8(11)3-4-10-5-6-12-9(2)7-10/h5-8H,3-4,11H2,1-2H3/t8-/m1/s1. The van der Waals surface area contributed by atoms with Gasteiger partial charge in [-0.05, 0) is 44.4 Å². The molecule has 2 nitrogen and oxygen atoms in total. The molecule has 12 heavy (non-hydrogen) atoms. The van der Waals surface area contributed by atoms with Crippen molar-refractivity contribution in [2.75, 3.05) is 0 Å². The predicted octanol–water partition coefficient (Wildman–Crippen LogP) is 1.67. The number of nitrogens with two attached hydrogens (primary N) is 1. The van der Waals surface area contributed by atoms with Gasteiger partial charge in [0.1, 0.15) is 0 Å². The van der Waals surface area contributed by atoms with Crippen molar-refractivity contribution >= 4 is 0 Å². The van der Waals surface area contributed by atoms with Crippen LogP contribution in [0.4, 0.5) is 0 Å². The van der Waals surface area contributed by atoms with Gasteiger partial charge in [-0.25, -0.2) is 0 Å². The van der Waals surface area contributed by atoms with E-state index in [4.69, 9.17) is 5.73 Å². The smallest absolute Gasteiger partial charge is 0.0375 e. The second-order valence-corrected chi connectivity index (χ2v) is 3.32. The van der Waals surface area contributed by atoms with Crippen LogP contribution in [0.25, 0.3) is 0 Å². The third-order valence-corrected chi connectivity index (χ3v) is 1.85. The zero-order chi connectivity index (χ0) is 8.97. The van der Waals surface area contributed by atoms with Crippen molar-refractivity contribution in [1.82, 2.24) is 4.98 Å². The average Bonchev–Trinajstić information content (AvgIpc) is 2.01. The monoisotopic (exact) mass is 164 g/mol. The Labute approximate surface area is 73.8 Å². The Bertz CT molecular complexity index is 243. The number of rotatable bonds is 3.